The van der Waals surface area contributed by atoms with Crippen molar-refractivity contribution < 1.29 is 19.5 Å². The molecule has 2 N–H and O–H groups in total. The monoisotopic (exact) mass is 305 g/mol. The molecule has 1 fully saturated rings. The molecule has 0 bridgehead atoms. The van der Waals surface area contributed by atoms with Crippen molar-refractivity contribution in [2.24, 2.45) is 0 Å². The number of amides is 3. The molecule has 1 aliphatic rings. The lowest BCUT2D eigenvalue weighted by Gasteiger charge is -2.33. The molecule has 0 radical (unpaired) electrons. The van der Waals surface area contributed by atoms with Gasteiger partial charge in [-0.25, -0.2) is 9.59 Å². The molecule has 0 spiro atoms. The van der Waals surface area contributed by atoms with Gasteiger partial charge in [-0.1, -0.05) is 12.1 Å². The van der Waals surface area contributed by atoms with Gasteiger partial charge in [0.2, 0.25) is 5.91 Å². The largest absolute Gasteiger partial charge is 0.478 e. The molecular weight excluding hydrogens is 286 g/mol. The molecule has 1 heterocycles. The third-order valence-corrected chi connectivity index (χ3v) is 3.63. The van der Waals surface area contributed by atoms with Crippen LogP contribution in [0.25, 0.3) is 0 Å². The molecule has 1 aromatic carbocycles. The Labute approximate surface area is 128 Å². The highest BCUT2D eigenvalue weighted by Gasteiger charge is 2.25. The molecule has 1 aliphatic heterocycles. The third kappa shape index (κ3) is 3.75. The molecule has 118 valence electrons. The molecule has 22 heavy (non-hydrogen) atoms. The molecule has 7 nitrogen and oxygen atoms in total. The summed E-state index contributed by atoms with van der Waals surface area (Å²) in [5, 5.41) is 11.6. The quantitative estimate of drug-likeness (QED) is 0.859. The molecule has 2 rings (SSSR count). The molecular formula is C15H19N3O4. The molecule has 0 aromatic heterocycles. The topological polar surface area (TPSA) is 89.9 Å². The number of rotatable bonds is 4. The summed E-state index contributed by atoms with van der Waals surface area (Å²) < 4.78 is 0. The number of nitrogens with one attached hydrogen (secondary N) is 1. The van der Waals surface area contributed by atoms with Crippen LogP contribution in [0.1, 0.15) is 22.8 Å². The molecule has 1 saturated heterocycles. The van der Waals surface area contributed by atoms with Crippen molar-refractivity contribution in [2.45, 2.75) is 13.5 Å². The number of nitrogens with zero attached hydrogens (tertiary/aromatic N) is 2. The molecule has 0 aliphatic carbocycles. The van der Waals surface area contributed by atoms with Gasteiger partial charge in [0.05, 0.1) is 5.56 Å². The van der Waals surface area contributed by atoms with E-state index < -0.39 is 5.97 Å². The van der Waals surface area contributed by atoms with E-state index in [1.54, 1.807) is 17.0 Å². The maximum atomic E-state index is 12.0. The third-order valence-electron chi connectivity index (χ3n) is 3.63. The van der Waals surface area contributed by atoms with Crippen molar-refractivity contribution in [3.63, 3.8) is 0 Å². The van der Waals surface area contributed by atoms with Gasteiger partial charge in [-0.05, 0) is 24.6 Å². The van der Waals surface area contributed by atoms with E-state index in [0.717, 1.165) is 5.56 Å². The van der Waals surface area contributed by atoms with Crippen LogP contribution in [0.15, 0.2) is 24.3 Å². The number of hydrogen-bond donors (Lipinski definition) is 2. The Balaban J connectivity index is 1.85. The van der Waals surface area contributed by atoms with Crippen LogP contribution in [0.2, 0.25) is 0 Å². The summed E-state index contributed by atoms with van der Waals surface area (Å²) >= 11 is 0. The van der Waals surface area contributed by atoms with Crippen LogP contribution in [0.3, 0.4) is 0 Å². The number of likely N-dealkylation sites (N-methyl/N-ethyl adjacent to an activating group) is 1. The minimum Gasteiger partial charge on any atom is -0.478 e. The van der Waals surface area contributed by atoms with Gasteiger partial charge in [0.1, 0.15) is 6.54 Å². The van der Waals surface area contributed by atoms with E-state index in [0.29, 0.717) is 26.2 Å². The highest BCUT2D eigenvalue weighted by Crippen LogP contribution is 2.06. The molecule has 0 saturated carbocycles. The fourth-order valence-electron chi connectivity index (χ4n) is 2.27. The second-order valence-corrected chi connectivity index (χ2v) is 5.06. The zero-order valence-electron chi connectivity index (χ0n) is 12.4. The number of carbonyl (C=O) groups excluding carboxylic acids is 2. The maximum absolute atomic E-state index is 12.0. The number of carboxylic acids is 1. The average Bonchev–Trinajstić information content (AvgIpc) is 2.52. The van der Waals surface area contributed by atoms with E-state index >= 15 is 0 Å². The lowest BCUT2D eigenvalue weighted by atomic mass is 10.1. The van der Waals surface area contributed by atoms with Crippen LogP contribution in [-0.4, -0.2) is 59.0 Å². The number of carbonyl (C=O) groups is 3. The lowest BCUT2D eigenvalue weighted by Crippen LogP contribution is -2.54. The fraction of sp³-hybridized carbons (Fsp3) is 0.400. The predicted molar refractivity (Wildman–Crippen MR) is 79.5 cm³/mol. The van der Waals surface area contributed by atoms with E-state index in [4.69, 9.17) is 5.11 Å². The summed E-state index contributed by atoms with van der Waals surface area (Å²) in [6, 6.07) is 6.01. The summed E-state index contributed by atoms with van der Waals surface area (Å²) in [5.74, 6) is -1.03. The minimum atomic E-state index is -0.983. The predicted octanol–water partition coefficient (Wildman–Crippen LogP) is 0.758. The highest BCUT2D eigenvalue weighted by atomic mass is 16.4. The SMILES string of the molecule is CCN1CCN(C(=O)NCc2ccc(C(=O)O)cc2)CC1=O. The first-order valence-electron chi connectivity index (χ1n) is 7.14. The maximum Gasteiger partial charge on any atom is 0.335 e. The van der Waals surface area contributed by atoms with Crippen molar-refractivity contribution >= 4 is 17.9 Å². The van der Waals surface area contributed by atoms with Crippen LogP contribution < -0.4 is 5.32 Å². The second kappa shape index (κ2) is 6.93. The van der Waals surface area contributed by atoms with Gasteiger partial charge in [-0.15, -0.1) is 0 Å². The van der Waals surface area contributed by atoms with Gasteiger partial charge < -0.3 is 20.2 Å². The van der Waals surface area contributed by atoms with Crippen molar-refractivity contribution in [3.8, 4) is 0 Å². The minimum absolute atomic E-state index is 0.0466. The zero-order chi connectivity index (χ0) is 16.1. The number of piperazine rings is 1. The van der Waals surface area contributed by atoms with E-state index in [1.165, 1.54) is 17.0 Å². The first kappa shape index (κ1) is 15.8. The van der Waals surface area contributed by atoms with Gasteiger partial charge >= 0.3 is 12.0 Å². The second-order valence-electron chi connectivity index (χ2n) is 5.06. The van der Waals surface area contributed by atoms with Crippen LogP contribution in [0, 0.1) is 0 Å². The van der Waals surface area contributed by atoms with Crippen LogP contribution in [-0.2, 0) is 11.3 Å². The van der Waals surface area contributed by atoms with Crippen molar-refractivity contribution in [2.75, 3.05) is 26.2 Å². The van der Waals surface area contributed by atoms with Crippen LogP contribution in [0.4, 0.5) is 4.79 Å². The van der Waals surface area contributed by atoms with E-state index in [2.05, 4.69) is 5.32 Å². The number of aromatic carboxylic acids is 1. The van der Waals surface area contributed by atoms with Crippen LogP contribution >= 0.6 is 0 Å². The summed E-state index contributed by atoms with van der Waals surface area (Å²) in [7, 11) is 0. The van der Waals surface area contributed by atoms with Gasteiger partial charge in [0.15, 0.2) is 0 Å². The molecule has 0 unspecified atom stereocenters. The number of carboxylic acid groups (broad SMARTS) is 1. The number of benzene rings is 1. The average molecular weight is 305 g/mol. The lowest BCUT2D eigenvalue weighted by molar-refractivity contribution is -0.134. The molecule has 3 amide bonds. The van der Waals surface area contributed by atoms with Crippen molar-refractivity contribution in [1.29, 1.82) is 0 Å². The standard InChI is InChI=1S/C15H19N3O4/c1-2-17-7-8-18(10-13(17)19)15(22)16-9-11-3-5-12(6-4-11)14(20)21/h3-6H,2,7-10H2,1H3,(H,16,22)(H,20,21). The van der Waals surface area contributed by atoms with Crippen molar-refractivity contribution in [3.05, 3.63) is 35.4 Å². The Morgan fingerprint density at radius 3 is 2.45 bits per heavy atom. The summed E-state index contributed by atoms with van der Waals surface area (Å²) in [6.07, 6.45) is 0. The van der Waals surface area contributed by atoms with Crippen LogP contribution in [0.5, 0.6) is 0 Å². The Kier molecular flexibility index (Phi) is 4.98. The molecule has 0 atom stereocenters. The fourth-order valence-corrected chi connectivity index (χ4v) is 2.27. The molecule has 1 aromatic rings. The van der Waals surface area contributed by atoms with Gasteiger partial charge in [-0.3, -0.25) is 4.79 Å². The number of urea groups is 1. The summed E-state index contributed by atoms with van der Waals surface area (Å²) in [4.78, 5) is 37.8. The Hall–Kier alpha value is -2.57. The van der Waals surface area contributed by atoms with Crippen molar-refractivity contribution in [1.82, 2.24) is 15.1 Å². The highest BCUT2D eigenvalue weighted by molar-refractivity contribution is 5.87. The Bertz CT molecular complexity index is 571. The Morgan fingerprint density at radius 1 is 1.23 bits per heavy atom. The normalized spacial score (nSPS) is 14.9. The van der Waals surface area contributed by atoms with Gasteiger partial charge in [0, 0.05) is 26.2 Å². The smallest absolute Gasteiger partial charge is 0.335 e. The zero-order valence-corrected chi connectivity index (χ0v) is 12.4. The number of hydrogen-bond acceptors (Lipinski definition) is 3. The van der Waals surface area contributed by atoms with E-state index in [9.17, 15) is 14.4 Å². The molecule has 7 heteroatoms. The van der Waals surface area contributed by atoms with Gasteiger partial charge in [0.25, 0.3) is 0 Å². The summed E-state index contributed by atoms with van der Waals surface area (Å²) in [5.41, 5.74) is 1.01. The van der Waals surface area contributed by atoms with E-state index in [1.807, 2.05) is 6.92 Å². The van der Waals surface area contributed by atoms with Gasteiger partial charge in [-0.2, -0.15) is 0 Å². The Morgan fingerprint density at radius 2 is 1.91 bits per heavy atom. The first-order chi connectivity index (χ1) is 10.5. The summed E-state index contributed by atoms with van der Waals surface area (Å²) in [6.45, 7) is 4.02. The van der Waals surface area contributed by atoms with E-state index in [-0.39, 0.29) is 24.0 Å². The first-order valence-corrected chi connectivity index (χ1v) is 7.14.